The molecule has 1 fully saturated rings. The third-order valence-corrected chi connectivity index (χ3v) is 6.11. The van der Waals surface area contributed by atoms with Crippen molar-refractivity contribution in [2.45, 2.75) is 24.2 Å². The molecule has 2 aromatic carbocycles. The molecule has 3 rings (SSSR count). The highest BCUT2D eigenvalue weighted by molar-refractivity contribution is 8.00. The number of hydrogen-bond acceptors (Lipinski definition) is 3. The molecule has 0 N–H and O–H groups in total. The van der Waals surface area contributed by atoms with Gasteiger partial charge in [0.05, 0.1) is 5.75 Å². The van der Waals surface area contributed by atoms with Crippen LogP contribution in [0.5, 0.6) is 0 Å². The zero-order valence-electron chi connectivity index (χ0n) is 15.9. The van der Waals surface area contributed by atoms with Gasteiger partial charge in [0.25, 0.3) is 0 Å². The second-order valence-electron chi connectivity index (χ2n) is 6.84. The van der Waals surface area contributed by atoms with Crippen LogP contribution in [0.15, 0.2) is 59.5 Å². The first-order valence-corrected chi connectivity index (χ1v) is 11.0. The van der Waals surface area contributed by atoms with Gasteiger partial charge in [-0.2, -0.15) is 0 Å². The van der Waals surface area contributed by atoms with Crippen LogP contribution in [0.4, 0.5) is 0 Å². The van der Waals surface area contributed by atoms with Gasteiger partial charge in [-0.3, -0.25) is 9.59 Å². The van der Waals surface area contributed by atoms with E-state index in [4.69, 9.17) is 11.6 Å². The van der Waals surface area contributed by atoms with Crippen molar-refractivity contribution in [3.05, 3.63) is 65.2 Å². The summed E-state index contributed by atoms with van der Waals surface area (Å²) in [7, 11) is 0. The van der Waals surface area contributed by atoms with Crippen molar-refractivity contribution < 1.29 is 9.59 Å². The second kappa shape index (κ2) is 10.5. The summed E-state index contributed by atoms with van der Waals surface area (Å²) in [5.74, 6) is 0.724. The molecule has 0 unspecified atom stereocenters. The molecule has 0 spiro atoms. The Morgan fingerprint density at radius 1 is 0.857 bits per heavy atom. The largest absolute Gasteiger partial charge is 0.339 e. The first kappa shape index (κ1) is 20.7. The Kier molecular flexibility index (Phi) is 7.80. The molecule has 1 aliphatic rings. The lowest BCUT2D eigenvalue weighted by atomic mass is 10.1. The Balaban J connectivity index is 1.35. The predicted octanol–water partition coefficient (Wildman–Crippen LogP) is 4.13. The van der Waals surface area contributed by atoms with Crippen molar-refractivity contribution in [1.29, 1.82) is 0 Å². The molecule has 6 heteroatoms. The number of aryl methyl sites for hydroxylation is 1. The summed E-state index contributed by atoms with van der Waals surface area (Å²) >= 11 is 7.40. The lowest BCUT2D eigenvalue weighted by Gasteiger charge is -2.34. The molecule has 0 aromatic heterocycles. The average molecular weight is 417 g/mol. The van der Waals surface area contributed by atoms with Crippen molar-refractivity contribution in [3.8, 4) is 0 Å². The standard InChI is InChI=1S/C22H25ClN2O2S/c23-19-9-11-20(12-10-19)28-17-22(27)25-15-13-24(14-16-25)21(26)8-4-7-18-5-2-1-3-6-18/h1-3,5-6,9-12H,4,7-8,13-17H2. The number of thioether (sulfide) groups is 1. The monoisotopic (exact) mass is 416 g/mol. The summed E-state index contributed by atoms with van der Waals surface area (Å²) in [4.78, 5) is 29.6. The SMILES string of the molecule is O=C(CCCc1ccccc1)N1CCN(C(=O)CSc2ccc(Cl)cc2)CC1. The first-order valence-electron chi connectivity index (χ1n) is 9.59. The molecule has 148 valence electrons. The molecule has 4 nitrogen and oxygen atoms in total. The highest BCUT2D eigenvalue weighted by Gasteiger charge is 2.23. The molecule has 1 saturated heterocycles. The number of benzene rings is 2. The summed E-state index contributed by atoms with van der Waals surface area (Å²) in [5.41, 5.74) is 1.27. The zero-order chi connectivity index (χ0) is 19.8. The van der Waals surface area contributed by atoms with Crippen LogP contribution in [0, 0.1) is 0 Å². The van der Waals surface area contributed by atoms with Gasteiger partial charge in [-0.15, -0.1) is 11.8 Å². The highest BCUT2D eigenvalue weighted by atomic mass is 35.5. The van der Waals surface area contributed by atoms with Crippen LogP contribution in [-0.2, 0) is 16.0 Å². The van der Waals surface area contributed by atoms with Gasteiger partial charge in [-0.1, -0.05) is 41.9 Å². The van der Waals surface area contributed by atoms with Gasteiger partial charge in [-0.05, 0) is 42.7 Å². The Morgan fingerprint density at radius 2 is 1.46 bits per heavy atom. The van der Waals surface area contributed by atoms with E-state index in [0.717, 1.165) is 17.7 Å². The molecule has 0 radical (unpaired) electrons. The summed E-state index contributed by atoms with van der Waals surface area (Å²) in [6.07, 6.45) is 2.35. The average Bonchev–Trinajstić information content (AvgIpc) is 2.74. The fourth-order valence-electron chi connectivity index (χ4n) is 3.22. The number of amides is 2. The lowest BCUT2D eigenvalue weighted by molar-refractivity contribution is -0.138. The van der Waals surface area contributed by atoms with E-state index in [1.807, 2.05) is 52.3 Å². The van der Waals surface area contributed by atoms with Crippen molar-refractivity contribution in [3.63, 3.8) is 0 Å². The number of halogens is 1. The van der Waals surface area contributed by atoms with E-state index in [2.05, 4.69) is 12.1 Å². The third-order valence-electron chi connectivity index (χ3n) is 4.86. The Morgan fingerprint density at radius 3 is 2.11 bits per heavy atom. The van der Waals surface area contributed by atoms with E-state index >= 15 is 0 Å². The quantitative estimate of drug-likeness (QED) is 0.637. The Hall–Kier alpha value is -1.98. The molecule has 1 heterocycles. The maximum absolute atomic E-state index is 12.4. The van der Waals surface area contributed by atoms with Crippen molar-refractivity contribution in [1.82, 2.24) is 9.80 Å². The fourth-order valence-corrected chi connectivity index (χ4v) is 4.15. The normalized spacial score (nSPS) is 14.2. The van der Waals surface area contributed by atoms with Gasteiger partial charge in [0.1, 0.15) is 0 Å². The maximum atomic E-state index is 12.4. The molecule has 1 aliphatic heterocycles. The minimum absolute atomic E-state index is 0.121. The van der Waals surface area contributed by atoms with Crippen molar-refractivity contribution in [2.24, 2.45) is 0 Å². The predicted molar refractivity (Wildman–Crippen MR) is 115 cm³/mol. The van der Waals surface area contributed by atoms with Crippen LogP contribution >= 0.6 is 23.4 Å². The van der Waals surface area contributed by atoms with E-state index in [9.17, 15) is 9.59 Å². The molecular weight excluding hydrogens is 392 g/mol. The first-order chi connectivity index (χ1) is 13.6. The molecule has 0 saturated carbocycles. The lowest BCUT2D eigenvalue weighted by Crippen LogP contribution is -2.51. The van der Waals surface area contributed by atoms with Gasteiger partial charge >= 0.3 is 0 Å². The topological polar surface area (TPSA) is 40.6 Å². The number of hydrogen-bond donors (Lipinski definition) is 0. The molecule has 0 atom stereocenters. The Bertz CT molecular complexity index is 775. The van der Waals surface area contributed by atoms with Gasteiger partial charge in [-0.25, -0.2) is 0 Å². The molecular formula is C22H25ClN2O2S. The van der Waals surface area contributed by atoms with E-state index in [0.29, 0.717) is 43.4 Å². The minimum atomic E-state index is 0.121. The van der Waals surface area contributed by atoms with E-state index in [1.165, 1.54) is 17.3 Å². The van der Waals surface area contributed by atoms with E-state index in [-0.39, 0.29) is 11.8 Å². The second-order valence-corrected chi connectivity index (χ2v) is 8.33. The van der Waals surface area contributed by atoms with Crippen LogP contribution in [0.1, 0.15) is 18.4 Å². The number of carbonyl (C=O) groups excluding carboxylic acids is 2. The van der Waals surface area contributed by atoms with Gasteiger partial charge < -0.3 is 9.80 Å². The Labute approximate surface area is 175 Å². The number of carbonyl (C=O) groups is 2. The van der Waals surface area contributed by atoms with Crippen LogP contribution in [0.25, 0.3) is 0 Å². The van der Waals surface area contributed by atoms with E-state index in [1.54, 1.807) is 0 Å². The van der Waals surface area contributed by atoms with Crippen molar-refractivity contribution in [2.75, 3.05) is 31.9 Å². The minimum Gasteiger partial charge on any atom is -0.339 e. The van der Waals surface area contributed by atoms with Crippen LogP contribution < -0.4 is 0 Å². The molecule has 2 amide bonds. The molecule has 2 aromatic rings. The summed E-state index contributed by atoms with van der Waals surface area (Å²) in [6.45, 7) is 2.48. The van der Waals surface area contributed by atoms with Crippen LogP contribution in [0.3, 0.4) is 0 Å². The maximum Gasteiger partial charge on any atom is 0.233 e. The smallest absolute Gasteiger partial charge is 0.233 e. The molecule has 0 aliphatic carbocycles. The van der Waals surface area contributed by atoms with E-state index < -0.39 is 0 Å². The third kappa shape index (κ3) is 6.28. The molecule has 0 bridgehead atoms. The van der Waals surface area contributed by atoms with Crippen LogP contribution in [0.2, 0.25) is 5.02 Å². The van der Waals surface area contributed by atoms with Gasteiger partial charge in [0, 0.05) is 42.5 Å². The fraction of sp³-hybridized carbons (Fsp3) is 0.364. The highest BCUT2D eigenvalue weighted by Crippen LogP contribution is 2.21. The van der Waals surface area contributed by atoms with Crippen LogP contribution in [-0.4, -0.2) is 53.5 Å². The van der Waals surface area contributed by atoms with Crippen molar-refractivity contribution >= 4 is 35.2 Å². The molecule has 28 heavy (non-hydrogen) atoms. The summed E-state index contributed by atoms with van der Waals surface area (Å²) < 4.78 is 0. The van der Waals surface area contributed by atoms with Gasteiger partial charge in [0.2, 0.25) is 11.8 Å². The zero-order valence-corrected chi connectivity index (χ0v) is 17.4. The van der Waals surface area contributed by atoms with Gasteiger partial charge in [0.15, 0.2) is 0 Å². The number of rotatable bonds is 7. The summed E-state index contributed by atoms with van der Waals surface area (Å²) in [6, 6.07) is 17.8. The number of nitrogens with zero attached hydrogens (tertiary/aromatic N) is 2. The number of piperazine rings is 1. The summed E-state index contributed by atoms with van der Waals surface area (Å²) in [5, 5.41) is 0.695.